The van der Waals surface area contributed by atoms with Crippen molar-refractivity contribution >= 4 is 12.1 Å². The molecule has 5 rings (SSSR count). The quantitative estimate of drug-likeness (QED) is 0.291. The third-order valence-electron chi connectivity index (χ3n) is 6.63. The third kappa shape index (κ3) is 5.52. The SMILES string of the molecule is O=C(NC(Cc1ccc(OCc2ccccc2)cc1F)C(=O)O)OCC1c2ccccc2-c2ccccc21. The van der Waals surface area contributed by atoms with Gasteiger partial charge in [0, 0.05) is 18.4 Å². The Morgan fingerprint density at radius 2 is 1.50 bits per heavy atom. The van der Waals surface area contributed by atoms with Gasteiger partial charge in [-0.25, -0.2) is 14.0 Å². The number of alkyl carbamates (subject to hydrolysis) is 1. The van der Waals surface area contributed by atoms with Crippen molar-refractivity contribution in [2.75, 3.05) is 6.61 Å². The molecule has 1 unspecified atom stereocenters. The first-order valence-corrected chi connectivity index (χ1v) is 12.3. The molecule has 2 N–H and O–H groups in total. The molecule has 192 valence electrons. The number of nitrogens with one attached hydrogen (secondary N) is 1. The van der Waals surface area contributed by atoms with Crippen LogP contribution in [0.3, 0.4) is 0 Å². The van der Waals surface area contributed by atoms with Crippen LogP contribution in [0.25, 0.3) is 11.1 Å². The molecule has 38 heavy (non-hydrogen) atoms. The molecule has 7 heteroatoms. The normalized spacial score (nSPS) is 12.8. The zero-order valence-electron chi connectivity index (χ0n) is 20.5. The number of ether oxygens (including phenoxy) is 2. The molecule has 4 aromatic rings. The summed E-state index contributed by atoms with van der Waals surface area (Å²) >= 11 is 0. The largest absolute Gasteiger partial charge is 0.489 e. The van der Waals surface area contributed by atoms with Gasteiger partial charge in [0.25, 0.3) is 0 Å². The number of halogens is 1. The molecule has 0 heterocycles. The number of hydrogen-bond donors (Lipinski definition) is 2. The number of aliphatic carboxylic acids is 1. The fourth-order valence-corrected chi connectivity index (χ4v) is 4.73. The van der Waals surface area contributed by atoms with E-state index in [4.69, 9.17) is 9.47 Å². The molecule has 0 saturated carbocycles. The fraction of sp³-hybridized carbons (Fsp3) is 0.161. The highest BCUT2D eigenvalue weighted by atomic mass is 19.1. The molecule has 1 amide bonds. The lowest BCUT2D eigenvalue weighted by Crippen LogP contribution is -2.43. The molecule has 6 nitrogen and oxygen atoms in total. The van der Waals surface area contributed by atoms with E-state index >= 15 is 0 Å². The highest BCUT2D eigenvalue weighted by Crippen LogP contribution is 2.44. The second-order valence-corrected chi connectivity index (χ2v) is 9.09. The average Bonchev–Trinajstić information content (AvgIpc) is 3.25. The Hall–Kier alpha value is -4.65. The van der Waals surface area contributed by atoms with E-state index in [1.165, 1.54) is 12.1 Å². The van der Waals surface area contributed by atoms with Crippen molar-refractivity contribution < 1.29 is 28.6 Å². The Kier molecular flexibility index (Phi) is 7.35. The van der Waals surface area contributed by atoms with E-state index < -0.39 is 23.9 Å². The maximum Gasteiger partial charge on any atom is 0.407 e. The van der Waals surface area contributed by atoms with Crippen LogP contribution in [0.15, 0.2) is 97.1 Å². The van der Waals surface area contributed by atoms with Crippen molar-refractivity contribution in [1.29, 1.82) is 0 Å². The maximum absolute atomic E-state index is 14.8. The van der Waals surface area contributed by atoms with E-state index in [2.05, 4.69) is 5.32 Å². The first-order valence-electron chi connectivity index (χ1n) is 12.3. The summed E-state index contributed by atoms with van der Waals surface area (Å²) in [6.45, 7) is 0.328. The summed E-state index contributed by atoms with van der Waals surface area (Å²) in [5.41, 5.74) is 5.36. The van der Waals surface area contributed by atoms with Gasteiger partial charge in [-0.2, -0.15) is 0 Å². The van der Waals surface area contributed by atoms with Gasteiger partial charge >= 0.3 is 12.1 Å². The van der Waals surface area contributed by atoms with Crippen LogP contribution in [0.4, 0.5) is 9.18 Å². The summed E-state index contributed by atoms with van der Waals surface area (Å²) < 4.78 is 25.8. The lowest BCUT2D eigenvalue weighted by atomic mass is 9.98. The highest BCUT2D eigenvalue weighted by molar-refractivity contribution is 5.81. The number of carbonyl (C=O) groups is 2. The molecule has 0 bridgehead atoms. The number of rotatable bonds is 9. The number of benzene rings is 4. The number of fused-ring (bicyclic) bond motifs is 3. The Bertz CT molecular complexity index is 1410. The lowest BCUT2D eigenvalue weighted by molar-refractivity contribution is -0.139. The highest BCUT2D eigenvalue weighted by Gasteiger charge is 2.30. The summed E-state index contributed by atoms with van der Waals surface area (Å²) in [5.74, 6) is -1.73. The van der Waals surface area contributed by atoms with Gasteiger partial charge in [0.05, 0.1) is 0 Å². The summed E-state index contributed by atoms with van der Waals surface area (Å²) in [6, 6.07) is 28.2. The minimum absolute atomic E-state index is 0.0496. The second-order valence-electron chi connectivity index (χ2n) is 9.09. The smallest absolute Gasteiger partial charge is 0.407 e. The molecule has 4 aromatic carbocycles. The van der Waals surface area contributed by atoms with Gasteiger partial charge in [-0.15, -0.1) is 0 Å². The van der Waals surface area contributed by atoms with Crippen LogP contribution in [-0.4, -0.2) is 29.8 Å². The third-order valence-corrected chi connectivity index (χ3v) is 6.63. The van der Waals surface area contributed by atoms with Crippen molar-refractivity contribution in [2.45, 2.75) is 25.0 Å². The molecule has 0 aromatic heterocycles. The van der Waals surface area contributed by atoms with Crippen molar-refractivity contribution in [1.82, 2.24) is 5.32 Å². The van der Waals surface area contributed by atoms with Crippen LogP contribution >= 0.6 is 0 Å². The molecule has 0 radical (unpaired) electrons. The summed E-state index contributed by atoms with van der Waals surface area (Å²) in [7, 11) is 0. The van der Waals surface area contributed by atoms with Crippen molar-refractivity contribution in [3.05, 3.63) is 125 Å². The van der Waals surface area contributed by atoms with Gasteiger partial charge in [0.1, 0.15) is 30.8 Å². The number of carboxylic acids is 1. The van der Waals surface area contributed by atoms with Crippen LogP contribution in [-0.2, 0) is 22.6 Å². The van der Waals surface area contributed by atoms with E-state index in [0.29, 0.717) is 5.75 Å². The summed E-state index contributed by atoms with van der Waals surface area (Å²) in [6.07, 6.45) is -1.12. The fourth-order valence-electron chi connectivity index (χ4n) is 4.73. The van der Waals surface area contributed by atoms with Crippen LogP contribution in [0.1, 0.15) is 28.2 Å². The first kappa shape index (κ1) is 25.0. The zero-order valence-corrected chi connectivity index (χ0v) is 20.5. The van der Waals surface area contributed by atoms with E-state index in [-0.39, 0.29) is 31.1 Å². The van der Waals surface area contributed by atoms with Crippen molar-refractivity contribution in [2.24, 2.45) is 0 Å². The number of carboxylic acid groups (broad SMARTS) is 1. The van der Waals surface area contributed by atoms with Crippen LogP contribution in [0.2, 0.25) is 0 Å². The molecule has 1 aliphatic rings. The predicted octanol–water partition coefficient (Wildman–Crippen LogP) is 5.94. The Morgan fingerprint density at radius 1 is 0.868 bits per heavy atom. The van der Waals surface area contributed by atoms with Gasteiger partial charge in [-0.3, -0.25) is 0 Å². The molecule has 0 fully saturated rings. The van der Waals surface area contributed by atoms with Crippen LogP contribution in [0.5, 0.6) is 5.75 Å². The Morgan fingerprint density at radius 3 is 2.13 bits per heavy atom. The minimum atomic E-state index is -1.36. The van der Waals surface area contributed by atoms with Crippen LogP contribution < -0.4 is 10.1 Å². The minimum Gasteiger partial charge on any atom is -0.489 e. The van der Waals surface area contributed by atoms with E-state index in [1.807, 2.05) is 78.9 Å². The van der Waals surface area contributed by atoms with Gasteiger partial charge in [-0.1, -0.05) is 84.9 Å². The standard InChI is InChI=1S/C31H26FNO5/c32-28-17-22(37-18-20-8-2-1-3-9-20)15-14-21(28)16-29(30(34)35)33-31(36)38-19-27-25-12-6-4-10-23(25)24-11-5-7-13-26(24)27/h1-15,17,27,29H,16,18-19H2,(H,33,36)(H,34,35). The van der Waals surface area contributed by atoms with Crippen molar-refractivity contribution in [3.63, 3.8) is 0 Å². The summed E-state index contributed by atoms with van der Waals surface area (Å²) in [5, 5.41) is 12.0. The summed E-state index contributed by atoms with van der Waals surface area (Å²) in [4.78, 5) is 24.4. The van der Waals surface area contributed by atoms with Gasteiger partial charge in [0.2, 0.25) is 0 Å². The Labute approximate surface area is 219 Å². The predicted molar refractivity (Wildman–Crippen MR) is 141 cm³/mol. The monoisotopic (exact) mass is 511 g/mol. The van der Waals surface area contributed by atoms with E-state index in [0.717, 1.165) is 27.8 Å². The topological polar surface area (TPSA) is 84.9 Å². The zero-order chi connectivity index (χ0) is 26.5. The van der Waals surface area contributed by atoms with Crippen LogP contribution in [0, 0.1) is 5.82 Å². The van der Waals surface area contributed by atoms with E-state index in [1.54, 1.807) is 6.07 Å². The number of hydrogen-bond acceptors (Lipinski definition) is 4. The maximum atomic E-state index is 14.8. The molecule has 0 saturated heterocycles. The average molecular weight is 512 g/mol. The lowest BCUT2D eigenvalue weighted by Gasteiger charge is -2.18. The van der Waals surface area contributed by atoms with E-state index in [9.17, 15) is 19.1 Å². The van der Waals surface area contributed by atoms with Gasteiger partial charge in [0.15, 0.2) is 0 Å². The molecule has 0 aliphatic heterocycles. The molecule has 1 atom stereocenters. The van der Waals surface area contributed by atoms with Crippen molar-refractivity contribution in [3.8, 4) is 16.9 Å². The van der Waals surface area contributed by atoms with Gasteiger partial charge < -0.3 is 19.9 Å². The molecular weight excluding hydrogens is 485 g/mol. The molecule has 1 aliphatic carbocycles. The molecular formula is C31H26FNO5. The first-order chi connectivity index (χ1) is 18.5. The number of amides is 1. The number of carbonyl (C=O) groups excluding carboxylic acids is 1. The second kappa shape index (κ2) is 11.2. The molecule has 0 spiro atoms. The Balaban J connectivity index is 1.20. The van der Waals surface area contributed by atoms with Gasteiger partial charge in [-0.05, 0) is 39.4 Å².